The van der Waals surface area contributed by atoms with Gasteiger partial charge in [0.15, 0.2) is 0 Å². The van der Waals surface area contributed by atoms with E-state index >= 15 is 0 Å². The summed E-state index contributed by atoms with van der Waals surface area (Å²) in [6, 6.07) is 4.61. The summed E-state index contributed by atoms with van der Waals surface area (Å²) in [5.74, 6) is -0.951. The van der Waals surface area contributed by atoms with Crippen LogP contribution in [-0.4, -0.2) is 30.9 Å². The van der Waals surface area contributed by atoms with E-state index in [1.165, 1.54) is 12.1 Å². The van der Waals surface area contributed by atoms with E-state index in [1.807, 2.05) is 0 Å². The van der Waals surface area contributed by atoms with Crippen LogP contribution in [0.3, 0.4) is 0 Å². The maximum atomic E-state index is 13.9. The quantitative estimate of drug-likeness (QED) is 0.820. The third-order valence-electron chi connectivity index (χ3n) is 3.45. The van der Waals surface area contributed by atoms with Crippen molar-refractivity contribution in [3.05, 3.63) is 41.2 Å². The number of benzene rings is 1. The standard InChI is InChI=1S/C16H19FO4/c17-15-9-12(2-4-16(18)19)1-3-14(15)11-21-10-13-5-7-20-8-6-13/h1-4,9,13H,5-8,10-11H2,(H,18,19). The van der Waals surface area contributed by atoms with Gasteiger partial charge in [0, 0.05) is 24.9 Å². The fraction of sp³-hybridized carbons (Fsp3) is 0.438. The highest BCUT2D eigenvalue weighted by Gasteiger charge is 2.14. The van der Waals surface area contributed by atoms with E-state index in [0.29, 0.717) is 23.7 Å². The first-order valence-electron chi connectivity index (χ1n) is 7.00. The Balaban J connectivity index is 1.84. The van der Waals surface area contributed by atoms with Crippen LogP contribution in [-0.2, 0) is 20.9 Å². The molecule has 0 bridgehead atoms. The van der Waals surface area contributed by atoms with E-state index in [0.717, 1.165) is 32.1 Å². The normalized spacial score (nSPS) is 16.4. The lowest BCUT2D eigenvalue weighted by Crippen LogP contribution is -2.20. The number of carboxylic acids is 1. The Bertz CT molecular complexity index is 507. The molecule has 0 amide bonds. The zero-order valence-electron chi connectivity index (χ0n) is 11.8. The van der Waals surface area contributed by atoms with Crippen LogP contribution in [0.15, 0.2) is 24.3 Å². The molecular weight excluding hydrogens is 275 g/mol. The minimum Gasteiger partial charge on any atom is -0.478 e. The first-order valence-corrected chi connectivity index (χ1v) is 7.00. The van der Waals surface area contributed by atoms with Gasteiger partial charge in [-0.1, -0.05) is 12.1 Å². The molecule has 0 saturated carbocycles. The summed E-state index contributed by atoms with van der Waals surface area (Å²) in [5.41, 5.74) is 0.998. The molecule has 0 radical (unpaired) electrons. The molecule has 1 saturated heterocycles. The predicted octanol–water partition coefficient (Wildman–Crippen LogP) is 2.87. The molecule has 4 nitrogen and oxygen atoms in total. The van der Waals surface area contributed by atoms with Gasteiger partial charge in [-0.3, -0.25) is 0 Å². The molecule has 1 aromatic rings. The van der Waals surface area contributed by atoms with E-state index < -0.39 is 5.97 Å². The van der Waals surface area contributed by atoms with E-state index in [4.69, 9.17) is 14.6 Å². The molecule has 1 fully saturated rings. The van der Waals surface area contributed by atoms with Gasteiger partial charge in [0.2, 0.25) is 0 Å². The van der Waals surface area contributed by atoms with Crippen molar-refractivity contribution in [3.8, 4) is 0 Å². The molecule has 0 unspecified atom stereocenters. The Morgan fingerprint density at radius 1 is 1.43 bits per heavy atom. The molecule has 0 atom stereocenters. The molecule has 0 aromatic heterocycles. The van der Waals surface area contributed by atoms with E-state index in [9.17, 15) is 9.18 Å². The molecule has 1 aliphatic rings. The summed E-state index contributed by atoms with van der Waals surface area (Å²) in [5, 5.41) is 8.53. The Morgan fingerprint density at radius 3 is 2.86 bits per heavy atom. The van der Waals surface area contributed by atoms with Crippen molar-refractivity contribution in [2.24, 2.45) is 5.92 Å². The van der Waals surface area contributed by atoms with Crippen LogP contribution in [0, 0.1) is 11.7 Å². The molecule has 1 aromatic carbocycles. The predicted molar refractivity (Wildman–Crippen MR) is 76.3 cm³/mol. The molecule has 21 heavy (non-hydrogen) atoms. The maximum Gasteiger partial charge on any atom is 0.328 e. The third kappa shape index (κ3) is 5.28. The highest BCUT2D eigenvalue weighted by Crippen LogP contribution is 2.17. The van der Waals surface area contributed by atoms with Crippen LogP contribution in [0.2, 0.25) is 0 Å². The molecule has 0 spiro atoms. The van der Waals surface area contributed by atoms with Gasteiger partial charge in [0.1, 0.15) is 5.82 Å². The van der Waals surface area contributed by atoms with Crippen molar-refractivity contribution in [2.75, 3.05) is 19.8 Å². The van der Waals surface area contributed by atoms with Gasteiger partial charge in [-0.2, -0.15) is 0 Å². The first-order chi connectivity index (χ1) is 10.1. The van der Waals surface area contributed by atoms with Gasteiger partial charge >= 0.3 is 5.97 Å². The number of ether oxygens (including phenoxy) is 2. The average molecular weight is 294 g/mol. The fourth-order valence-electron chi connectivity index (χ4n) is 2.20. The number of hydrogen-bond donors (Lipinski definition) is 1. The van der Waals surface area contributed by atoms with Gasteiger partial charge in [-0.25, -0.2) is 9.18 Å². The summed E-state index contributed by atoms with van der Waals surface area (Å²) in [6.45, 7) is 2.38. The fourth-order valence-corrected chi connectivity index (χ4v) is 2.20. The van der Waals surface area contributed by atoms with Crippen LogP contribution in [0.1, 0.15) is 24.0 Å². The molecule has 2 rings (SSSR count). The summed E-state index contributed by atoms with van der Waals surface area (Å²) >= 11 is 0. The van der Waals surface area contributed by atoms with Crippen molar-refractivity contribution in [2.45, 2.75) is 19.4 Å². The van der Waals surface area contributed by atoms with Gasteiger partial charge in [-0.05, 0) is 36.5 Å². The lowest BCUT2D eigenvalue weighted by atomic mass is 10.0. The van der Waals surface area contributed by atoms with Crippen molar-refractivity contribution < 1.29 is 23.8 Å². The van der Waals surface area contributed by atoms with Crippen LogP contribution in [0.4, 0.5) is 4.39 Å². The average Bonchev–Trinajstić information content (AvgIpc) is 2.48. The molecule has 0 aliphatic carbocycles. The largest absolute Gasteiger partial charge is 0.478 e. The third-order valence-corrected chi connectivity index (χ3v) is 3.45. The zero-order chi connectivity index (χ0) is 15.1. The second-order valence-corrected chi connectivity index (χ2v) is 5.09. The summed E-state index contributed by atoms with van der Waals surface area (Å²) < 4.78 is 24.7. The maximum absolute atomic E-state index is 13.9. The Hall–Kier alpha value is -1.72. The Kier molecular flexibility index (Phi) is 5.90. The lowest BCUT2D eigenvalue weighted by molar-refractivity contribution is -0.131. The lowest BCUT2D eigenvalue weighted by Gasteiger charge is -2.21. The van der Waals surface area contributed by atoms with Crippen LogP contribution >= 0.6 is 0 Å². The zero-order valence-corrected chi connectivity index (χ0v) is 11.8. The topological polar surface area (TPSA) is 55.8 Å². The minimum atomic E-state index is -1.06. The van der Waals surface area contributed by atoms with E-state index in [2.05, 4.69) is 0 Å². The van der Waals surface area contributed by atoms with Crippen LogP contribution in [0.5, 0.6) is 0 Å². The number of carboxylic acid groups (broad SMARTS) is 1. The molecular formula is C16H19FO4. The SMILES string of the molecule is O=C(O)C=Cc1ccc(COCC2CCOCC2)c(F)c1. The summed E-state index contributed by atoms with van der Waals surface area (Å²) in [7, 11) is 0. The number of rotatable bonds is 6. The van der Waals surface area contributed by atoms with Crippen LogP contribution in [0.25, 0.3) is 6.08 Å². The number of hydrogen-bond acceptors (Lipinski definition) is 3. The second-order valence-electron chi connectivity index (χ2n) is 5.09. The molecule has 114 valence electrons. The van der Waals surface area contributed by atoms with Crippen molar-refractivity contribution in [1.82, 2.24) is 0 Å². The smallest absolute Gasteiger partial charge is 0.328 e. The minimum absolute atomic E-state index is 0.228. The highest BCUT2D eigenvalue weighted by molar-refractivity contribution is 5.85. The van der Waals surface area contributed by atoms with Gasteiger partial charge < -0.3 is 14.6 Å². The van der Waals surface area contributed by atoms with Crippen molar-refractivity contribution >= 4 is 12.0 Å². The van der Waals surface area contributed by atoms with Crippen LogP contribution < -0.4 is 0 Å². The Labute approximate surface area is 123 Å². The molecule has 5 heteroatoms. The molecule has 1 N–H and O–H groups in total. The van der Waals surface area contributed by atoms with E-state index in [1.54, 1.807) is 12.1 Å². The first kappa shape index (κ1) is 15.7. The number of halogens is 1. The highest BCUT2D eigenvalue weighted by atomic mass is 19.1. The number of aliphatic carboxylic acids is 1. The monoisotopic (exact) mass is 294 g/mol. The molecule has 1 heterocycles. The summed E-state index contributed by atoms with van der Waals surface area (Å²) in [6.07, 6.45) is 4.32. The van der Waals surface area contributed by atoms with Gasteiger partial charge in [-0.15, -0.1) is 0 Å². The second kappa shape index (κ2) is 7.90. The van der Waals surface area contributed by atoms with Gasteiger partial charge in [0.05, 0.1) is 13.2 Å². The summed E-state index contributed by atoms with van der Waals surface area (Å²) in [4.78, 5) is 10.4. The van der Waals surface area contributed by atoms with Crippen molar-refractivity contribution in [3.63, 3.8) is 0 Å². The number of carbonyl (C=O) groups is 1. The van der Waals surface area contributed by atoms with Gasteiger partial charge in [0.25, 0.3) is 0 Å². The van der Waals surface area contributed by atoms with Crippen molar-refractivity contribution in [1.29, 1.82) is 0 Å². The molecule has 1 aliphatic heterocycles. The Morgan fingerprint density at radius 2 is 2.19 bits per heavy atom. The van der Waals surface area contributed by atoms with E-state index in [-0.39, 0.29) is 12.4 Å².